The minimum absolute atomic E-state index is 0.150. The van der Waals surface area contributed by atoms with Crippen molar-refractivity contribution in [1.82, 2.24) is 9.47 Å². The number of nitrogens with zero attached hydrogens (tertiary/aromatic N) is 3. The predicted octanol–water partition coefficient (Wildman–Crippen LogP) is 2.02. The van der Waals surface area contributed by atoms with Crippen molar-refractivity contribution in [2.75, 3.05) is 31.2 Å². The molecule has 3 rings (SSSR count). The number of benzene rings is 1. The van der Waals surface area contributed by atoms with Crippen LogP contribution in [0, 0.1) is 5.92 Å². The van der Waals surface area contributed by atoms with Gasteiger partial charge in [-0.2, -0.15) is 4.99 Å². The van der Waals surface area contributed by atoms with E-state index >= 15 is 0 Å². The number of fused-ring (bicyclic) bond motifs is 1. The Kier molecular flexibility index (Phi) is 8.30. The molecule has 1 unspecified atom stereocenters. The van der Waals surface area contributed by atoms with Gasteiger partial charge in [-0.3, -0.25) is 14.4 Å². The summed E-state index contributed by atoms with van der Waals surface area (Å²) in [6.45, 7) is 4.74. The minimum Gasteiger partial charge on any atom is -0.465 e. The second kappa shape index (κ2) is 10.8. The molecule has 1 atom stereocenters. The summed E-state index contributed by atoms with van der Waals surface area (Å²) in [6, 6.07) is 5.00. The molecule has 0 bridgehead atoms. The van der Waals surface area contributed by atoms with Crippen molar-refractivity contribution in [2.45, 2.75) is 33.2 Å². The van der Waals surface area contributed by atoms with Gasteiger partial charge in [0.25, 0.3) is 5.91 Å². The molecule has 1 aliphatic heterocycles. The summed E-state index contributed by atoms with van der Waals surface area (Å²) in [6.07, 6.45) is 1.83. The van der Waals surface area contributed by atoms with Crippen LogP contribution in [0.4, 0.5) is 0 Å². The molecule has 2 heterocycles. The van der Waals surface area contributed by atoms with Gasteiger partial charge in [-0.15, -0.1) is 0 Å². The van der Waals surface area contributed by atoms with Gasteiger partial charge in [0.1, 0.15) is 18.1 Å². The molecule has 33 heavy (non-hydrogen) atoms. The summed E-state index contributed by atoms with van der Waals surface area (Å²) in [5.41, 5.74) is 0.612. The fourth-order valence-electron chi connectivity index (χ4n) is 3.69. The molecule has 1 fully saturated rings. The van der Waals surface area contributed by atoms with E-state index in [0.717, 1.165) is 24.2 Å². The maximum absolute atomic E-state index is 12.5. The van der Waals surface area contributed by atoms with E-state index in [2.05, 4.69) is 4.99 Å². The van der Waals surface area contributed by atoms with Crippen LogP contribution >= 0.6 is 22.9 Å². The van der Waals surface area contributed by atoms with Crippen molar-refractivity contribution in [3.05, 3.63) is 28.0 Å². The minimum atomic E-state index is -4.00. The number of esters is 1. The molecule has 0 N–H and O–H groups in total. The number of aromatic nitrogens is 1. The summed E-state index contributed by atoms with van der Waals surface area (Å²) in [5.74, 6) is -3.23. The second-order valence-electron chi connectivity index (χ2n) is 8.01. The summed E-state index contributed by atoms with van der Waals surface area (Å²) in [5, 5.41) is 0.470. The third-order valence-corrected chi connectivity index (χ3v) is 7.80. The van der Waals surface area contributed by atoms with Crippen molar-refractivity contribution in [1.29, 1.82) is 0 Å². The fraction of sp³-hybridized carbons (Fsp3) is 0.524. The molecule has 2 aromatic rings. The van der Waals surface area contributed by atoms with Crippen molar-refractivity contribution in [3.63, 3.8) is 0 Å². The highest BCUT2D eigenvalue weighted by atomic mass is 35.5. The average Bonchev–Trinajstić information content (AvgIpc) is 3.03. The van der Waals surface area contributed by atoms with Gasteiger partial charge in [0.05, 0.1) is 16.8 Å². The molecule has 180 valence electrons. The van der Waals surface area contributed by atoms with Crippen LogP contribution in [-0.4, -0.2) is 66.9 Å². The van der Waals surface area contributed by atoms with Crippen LogP contribution in [-0.2, 0) is 35.5 Å². The molecule has 9 nitrogen and oxygen atoms in total. The van der Waals surface area contributed by atoms with Crippen molar-refractivity contribution in [2.24, 2.45) is 10.9 Å². The molecule has 2 amide bonds. The van der Waals surface area contributed by atoms with E-state index in [1.165, 1.54) is 9.47 Å². The van der Waals surface area contributed by atoms with E-state index in [0.29, 0.717) is 34.2 Å². The Morgan fingerprint density at radius 3 is 2.73 bits per heavy atom. The first kappa shape index (κ1) is 25.4. The molecular formula is C21H26ClN3O6S2. The first-order valence-electron chi connectivity index (χ1n) is 10.6. The highest BCUT2D eigenvalue weighted by Crippen LogP contribution is 2.22. The smallest absolute Gasteiger partial charge is 0.326 e. The number of carbonyl (C=O) groups excluding carboxylic acids is 3. The van der Waals surface area contributed by atoms with Crippen LogP contribution in [0.3, 0.4) is 0 Å². The number of ether oxygens (including phenoxy) is 1. The Labute approximate surface area is 200 Å². The van der Waals surface area contributed by atoms with Crippen LogP contribution in [0.15, 0.2) is 23.2 Å². The molecule has 1 saturated heterocycles. The number of thiazole rings is 1. The molecule has 12 heteroatoms. The lowest BCUT2D eigenvalue weighted by Crippen LogP contribution is -2.42. The lowest BCUT2D eigenvalue weighted by molar-refractivity contribution is -0.143. The van der Waals surface area contributed by atoms with E-state index in [4.69, 9.17) is 16.3 Å². The molecule has 1 aliphatic rings. The first-order valence-corrected chi connectivity index (χ1v) is 13.6. The Morgan fingerprint density at radius 1 is 1.27 bits per heavy atom. The number of halogens is 1. The number of hydrogen-bond donors (Lipinski definition) is 0. The molecular weight excluding hydrogens is 490 g/mol. The van der Waals surface area contributed by atoms with E-state index in [1.807, 2.05) is 6.92 Å². The normalized spacial score (nSPS) is 17.4. The summed E-state index contributed by atoms with van der Waals surface area (Å²) >= 11 is 7.15. The highest BCUT2D eigenvalue weighted by molar-refractivity contribution is 7.92. The summed E-state index contributed by atoms with van der Waals surface area (Å²) < 4.78 is 32.2. The second-order valence-corrected chi connectivity index (χ2v) is 11.5. The third kappa shape index (κ3) is 6.87. The number of hydrogen-bond acceptors (Lipinski definition) is 7. The van der Waals surface area contributed by atoms with Crippen LogP contribution in [0.1, 0.15) is 26.7 Å². The molecule has 0 saturated carbocycles. The lowest BCUT2D eigenvalue weighted by atomic mass is 10.0. The van der Waals surface area contributed by atoms with Crippen LogP contribution < -0.4 is 4.80 Å². The largest absolute Gasteiger partial charge is 0.465 e. The zero-order valence-electron chi connectivity index (χ0n) is 18.5. The number of sulfone groups is 1. The Hall–Kier alpha value is -2.24. The van der Waals surface area contributed by atoms with E-state index < -0.39 is 39.1 Å². The van der Waals surface area contributed by atoms with Gasteiger partial charge < -0.3 is 14.2 Å². The zero-order chi connectivity index (χ0) is 24.2. The number of rotatable bonds is 7. The highest BCUT2D eigenvalue weighted by Gasteiger charge is 2.27. The van der Waals surface area contributed by atoms with Gasteiger partial charge in [-0.25, -0.2) is 8.42 Å². The first-order chi connectivity index (χ1) is 15.6. The molecule has 1 aromatic heterocycles. The van der Waals surface area contributed by atoms with Crippen LogP contribution in [0.25, 0.3) is 10.2 Å². The Balaban J connectivity index is 1.81. The maximum Gasteiger partial charge on any atom is 0.326 e. The fourth-order valence-corrected chi connectivity index (χ4v) is 6.12. The Morgan fingerprint density at radius 2 is 2.03 bits per heavy atom. The maximum atomic E-state index is 12.5. The van der Waals surface area contributed by atoms with Crippen molar-refractivity contribution >= 4 is 60.8 Å². The van der Waals surface area contributed by atoms with E-state index in [-0.39, 0.29) is 18.0 Å². The molecule has 0 spiro atoms. The quantitative estimate of drug-likeness (QED) is 0.521. The van der Waals surface area contributed by atoms with Gasteiger partial charge in [0.15, 0.2) is 14.6 Å². The van der Waals surface area contributed by atoms with Gasteiger partial charge in [0.2, 0.25) is 5.91 Å². The number of amides is 2. The van der Waals surface area contributed by atoms with Crippen LogP contribution in [0.2, 0.25) is 5.02 Å². The lowest BCUT2D eigenvalue weighted by Gasteiger charge is -2.30. The zero-order valence-corrected chi connectivity index (χ0v) is 20.8. The van der Waals surface area contributed by atoms with Crippen molar-refractivity contribution in [3.8, 4) is 0 Å². The number of likely N-dealkylation sites (tertiary alicyclic amines) is 1. The Bertz CT molecular complexity index is 1230. The van der Waals surface area contributed by atoms with Crippen LogP contribution in [0.5, 0.6) is 0 Å². The summed E-state index contributed by atoms with van der Waals surface area (Å²) in [7, 11) is -4.00. The summed E-state index contributed by atoms with van der Waals surface area (Å²) in [4.78, 5) is 42.6. The SMILES string of the molecule is CCOC(=O)Cn1c(=NC(=O)CS(=O)(=O)CC(=O)N2CCCC(C)C2)sc2cc(Cl)ccc21. The third-order valence-electron chi connectivity index (χ3n) is 5.15. The monoisotopic (exact) mass is 515 g/mol. The predicted molar refractivity (Wildman–Crippen MR) is 126 cm³/mol. The van der Waals surface area contributed by atoms with Crippen molar-refractivity contribution < 1.29 is 27.5 Å². The topological polar surface area (TPSA) is 115 Å². The average molecular weight is 516 g/mol. The van der Waals surface area contributed by atoms with Gasteiger partial charge in [0, 0.05) is 18.1 Å². The molecule has 0 radical (unpaired) electrons. The standard InChI is InChI=1S/C21H26ClN3O6S2/c1-3-31-20(28)11-25-16-7-6-15(22)9-17(16)32-21(25)23-18(26)12-33(29,30)13-19(27)24-8-4-5-14(2)10-24/h6-7,9,14H,3-5,8,10-13H2,1-2H3. The van der Waals surface area contributed by atoms with Gasteiger partial charge in [-0.1, -0.05) is 29.9 Å². The molecule has 1 aromatic carbocycles. The number of carbonyl (C=O) groups is 3. The van der Waals surface area contributed by atoms with E-state index in [1.54, 1.807) is 25.1 Å². The van der Waals surface area contributed by atoms with Gasteiger partial charge in [-0.05, 0) is 43.9 Å². The molecule has 0 aliphatic carbocycles. The van der Waals surface area contributed by atoms with E-state index in [9.17, 15) is 22.8 Å². The van der Waals surface area contributed by atoms with Gasteiger partial charge >= 0.3 is 5.97 Å². The number of piperidine rings is 1.